The maximum atomic E-state index is 10.5. The Morgan fingerprint density at radius 1 is 0.419 bits per heavy atom. The Balaban J connectivity index is 1.30. The number of hydrogen-bond donors (Lipinski definition) is 0. The van der Waals surface area contributed by atoms with Crippen molar-refractivity contribution in [1.82, 2.24) is 0 Å². The van der Waals surface area contributed by atoms with Crippen molar-refractivity contribution in [2.24, 2.45) is 0 Å². The van der Waals surface area contributed by atoms with Gasteiger partial charge in [-0.1, -0.05) is 153 Å². The minimum atomic E-state index is -1.79. The van der Waals surface area contributed by atoms with Crippen LogP contribution in [0.25, 0.3) is 98.8 Å². The second-order valence-electron chi connectivity index (χ2n) is 14.7. The minimum Gasteiger partial charge on any atom is -0.456 e. The third-order valence-electron chi connectivity index (χ3n) is 10.9. The van der Waals surface area contributed by atoms with E-state index in [0.717, 1.165) is 0 Å². The first kappa shape index (κ1) is 15.5. The van der Waals surface area contributed by atoms with E-state index in [0.29, 0.717) is 4.90 Å². The van der Waals surface area contributed by atoms with Crippen LogP contribution in [-0.4, -0.2) is 0 Å². The fourth-order valence-corrected chi connectivity index (χ4v) is 8.14. The van der Waals surface area contributed by atoms with Crippen molar-refractivity contribution in [3.05, 3.63) is 211 Å². The smallest absolute Gasteiger partial charge is 0.145 e. The molecule has 2 aromatic heterocycles. The maximum Gasteiger partial charge on any atom is 0.145 e. The van der Waals surface area contributed by atoms with E-state index < -0.39 is 321 Å². The molecule has 0 aliphatic heterocycles. The van der Waals surface area contributed by atoms with Crippen molar-refractivity contribution in [1.29, 1.82) is 0 Å². The molecule has 10 aromatic carbocycles. The highest BCUT2D eigenvalue weighted by Crippen LogP contribution is 2.56. The number of hydrogen-bond acceptors (Lipinski definition) is 3. The Morgan fingerprint density at radius 3 is 1.90 bits per heavy atom. The van der Waals surface area contributed by atoms with Crippen LogP contribution in [0.5, 0.6) is 0 Å². The first-order valence-corrected chi connectivity index (χ1v) is 18.7. The number of anilines is 3. The average Bonchev–Trinajstić information content (AvgIpc) is 1.65. The van der Waals surface area contributed by atoms with Gasteiger partial charge in [0.25, 0.3) is 0 Å². The molecule has 0 unspecified atom stereocenters. The summed E-state index contributed by atoms with van der Waals surface area (Å²) in [5, 5.41) is -5.25. The SMILES string of the molecule is [2H]c1c([2H])c([2H])c2c(c1[2H])-c1c(N(c3c([2H])c([2H])c(-c4c([2H])c([2H])c5oc6c([2H])c([2H])c([2H])c([2H])c6c5c4[2H])c([2H])c3[2H])c3c([2H])c([2H])c(-c4c([2H])c5c([2H])c([2H])c([2H])c([2H])c5c5c([2H])c([2H])c([2H])c([2H])c45)c4oc5c([2H])c([2H])c([2H])c([2H])c5c34)c([2H])c([2H])c([2H])c1C2(C)C. The van der Waals surface area contributed by atoms with Gasteiger partial charge in [0.05, 0.1) is 62.0 Å². The molecule has 13 rings (SSSR count). The van der Waals surface area contributed by atoms with Gasteiger partial charge in [-0.05, 0) is 115 Å². The zero-order chi connectivity index (χ0) is 69.8. The van der Waals surface area contributed by atoms with Crippen molar-refractivity contribution in [2.45, 2.75) is 19.3 Å². The van der Waals surface area contributed by atoms with Crippen LogP contribution in [0.2, 0.25) is 0 Å². The summed E-state index contributed by atoms with van der Waals surface area (Å²) >= 11 is 0. The predicted molar refractivity (Wildman–Crippen MR) is 259 cm³/mol. The summed E-state index contributed by atoms with van der Waals surface area (Å²) in [6, 6.07) is -32.0. The van der Waals surface area contributed by atoms with Crippen LogP contribution in [0.3, 0.4) is 0 Å². The molecular formula is C59H39NO2. The summed E-state index contributed by atoms with van der Waals surface area (Å²) in [6.07, 6.45) is 0. The molecule has 1 aliphatic carbocycles. The molecule has 3 nitrogen and oxygen atoms in total. The quantitative estimate of drug-likeness (QED) is 0.162. The lowest BCUT2D eigenvalue weighted by Crippen LogP contribution is -2.16. The molecule has 0 spiro atoms. The number of furan rings is 2. The van der Waals surface area contributed by atoms with Crippen molar-refractivity contribution in [2.75, 3.05) is 4.90 Å². The number of rotatable bonds is 5. The average molecular weight is 827 g/mol. The van der Waals surface area contributed by atoms with E-state index in [1.165, 1.54) is 13.8 Å². The lowest BCUT2D eigenvalue weighted by molar-refractivity contribution is 0.660. The van der Waals surface area contributed by atoms with Crippen LogP contribution < -0.4 is 4.90 Å². The molecule has 0 saturated heterocycles. The number of benzene rings is 10. The topological polar surface area (TPSA) is 29.5 Å². The number of nitrogens with zero attached hydrogens (tertiary/aromatic N) is 1. The molecule has 0 radical (unpaired) electrons. The summed E-state index contributed by atoms with van der Waals surface area (Å²) < 4.78 is 319. The van der Waals surface area contributed by atoms with Gasteiger partial charge in [0.1, 0.15) is 22.3 Å². The predicted octanol–water partition coefficient (Wildman–Crippen LogP) is 16.9. The third kappa shape index (κ3) is 5.00. The van der Waals surface area contributed by atoms with Gasteiger partial charge in [-0.2, -0.15) is 0 Å². The molecule has 0 fully saturated rings. The highest BCUT2D eigenvalue weighted by atomic mass is 16.3. The number of fused-ring (bicyclic) bond motifs is 12. The Bertz CT molecular complexity index is 5720. The van der Waals surface area contributed by atoms with Crippen LogP contribution in [0.4, 0.5) is 17.1 Å². The highest BCUT2D eigenvalue weighted by Gasteiger charge is 2.38. The lowest BCUT2D eigenvalue weighted by atomic mass is 9.82. The van der Waals surface area contributed by atoms with Gasteiger partial charge in [-0.25, -0.2) is 0 Å². The Morgan fingerprint density at radius 2 is 1.06 bits per heavy atom. The Hall–Kier alpha value is -7.88. The van der Waals surface area contributed by atoms with E-state index in [1.807, 2.05) is 0 Å². The lowest BCUT2D eigenvalue weighted by Gasteiger charge is -2.30. The van der Waals surface area contributed by atoms with E-state index in [2.05, 4.69) is 0 Å². The molecule has 2 heterocycles. The molecule has 292 valence electrons. The molecule has 12 aromatic rings. The largest absolute Gasteiger partial charge is 0.456 e. The summed E-state index contributed by atoms with van der Waals surface area (Å²) in [7, 11) is 0. The van der Waals surface area contributed by atoms with Crippen molar-refractivity contribution in [3.63, 3.8) is 0 Å². The summed E-state index contributed by atoms with van der Waals surface area (Å²) in [6.45, 7) is 2.82. The van der Waals surface area contributed by atoms with Crippen LogP contribution in [-0.2, 0) is 5.41 Å². The van der Waals surface area contributed by atoms with Gasteiger partial charge >= 0.3 is 0 Å². The van der Waals surface area contributed by atoms with Crippen molar-refractivity contribution < 1.29 is 54.1 Å². The molecule has 3 heteroatoms. The van der Waals surface area contributed by atoms with Crippen LogP contribution in [0.15, 0.2) is 208 Å². The fraction of sp³-hybridized carbons (Fsp3) is 0.0508. The number of para-hydroxylation sites is 2. The minimum absolute atomic E-state index is 0.249. The summed E-state index contributed by atoms with van der Waals surface area (Å²) in [5.41, 5.74) is -12.9. The Labute approximate surface area is 405 Å². The van der Waals surface area contributed by atoms with E-state index >= 15 is 0 Å². The van der Waals surface area contributed by atoms with Crippen molar-refractivity contribution in [3.8, 4) is 33.4 Å². The van der Waals surface area contributed by atoms with Gasteiger partial charge in [0, 0.05) is 38.4 Å². The summed E-state index contributed by atoms with van der Waals surface area (Å²) in [4.78, 5) is 0.559. The highest BCUT2D eigenvalue weighted by molar-refractivity contribution is 6.21. The molecule has 62 heavy (non-hydrogen) atoms. The molecule has 0 saturated carbocycles. The second kappa shape index (κ2) is 13.1. The Kier molecular flexibility index (Phi) is 3.27. The van der Waals surface area contributed by atoms with Gasteiger partial charge in [0.2, 0.25) is 0 Å². The van der Waals surface area contributed by atoms with Crippen LogP contribution in [0.1, 0.15) is 70.2 Å². The maximum absolute atomic E-state index is 10.5. The normalized spacial score (nSPS) is 20.6. The third-order valence-corrected chi connectivity index (χ3v) is 10.9. The molecule has 0 atom stereocenters. The van der Waals surface area contributed by atoms with Gasteiger partial charge in [-0.15, -0.1) is 0 Å². The molecule has 1 aliphatic rings. The standard InChI is InChI=1S/C59H39NO2/c1-59(2)49-21-10-7-19-45(49)56-50(59)22-13-23-51(56)60(39-29-26-36(27-30-39)37-28-33-55-48(34-37)43-18-8-11-24-53(43)61-55)52-32-31-44(58-57(52)46-20-9-12-25-54(46)62-58)47-35-38-14-3-4-15-40(38)41-16-5-6-17-42(41)47/h3-35H,1-2H3/i3D,4D,5D,6D,7D,8D,9D,10D,11D,12D,13D,14D,15D,16D,17D,18D,19D,20D,21D,22D,23D,24D,25D,26D,27D,28D,29D,30D,31D,32D,33D,34D,35D. The van der Waals surface area contributed by atoms with E-state index in [-0.39, 0.29) is 11.1 Å². The zero-order valence-electron chi connectivity index (χ0n) is 64.8. The fourth-order valence-electron chi connectivity index (χ4n) is 8.14. The molecule has 0 bridgehead atoms. The van der Waals surface area contributed by atoms with E-state index in [1.54, 1.807) is 0 Å². The van der Waals surface area contributed by atoms with E-state index in [4.69, 9.17) is 29.4 Å². The molecule has 0 N–H and O–H groups in total. The molecule has 0 amide bonds. The van der Waals surface area contributed by atoms with Gasteiger partial charge in [0.15, 0.2) is 0 Å². The first-order chi connectivity index (χ1) is 44.3. The van der Waals surface area contributed by atoms with Gasteiger partial charge in [-0.3, -0.25) is 0 Å². The van der Waals surface area contributed by atoms with E-state index in [9.17, 15) is 24.7 Å². The van der Waals surface area contributed by atoms with Crippen LogP contribution >= 0.6 is 0 Å². The first-order valence-electron chi connectivity index (χ1n) is 35.2. The van der Waals surface area contributed by atoms with Gasteiger partial charge < -0.3 is 13.7 Å². The monoisotopic (exact) mass is 827 g/mol. The van der Waals surface area contributed by atoms with Crippen LogP contribution in [0, 0.1) is 0 Å². The molecular weight excluding hydrogens is 755 g/mol. The van der Waals surface area contributed by atoms with Crippen molar-refractivity contribution >= 4 is 82.5 Å². The zero-order valence-corrected chi connectivity index (χ0v) is 31.8. The summed E-state index contributed by atoms with van der Waals surface area (Å²) in [5.74, 6) is 0. The second-order valence-corrected chi connectivity index (χ2v) is 14.7.